The minimum Gasteiger partial charge on any atom is -0.469 e. The lowest BCUT2D eigenvalue weighted by molar-refractivity contribution is -0.295. The molecule has 0 bridgehead atoms. The Hall–Kier alpha value is -2.19. The summed E-state index contributed by atoms with van der Waals surface area (Å²) in [4.78, 5) is 38.0. The summed E-state index contributed by atoms with van der Waals surface area (Å²) in [6.07, 6.45) is 0.123. The molecule has 2 aliphatic carbocycles. The van der Waals surface area contributed by atoms with Gasteiger partial charge >= 0.3 is 11.9 Å². The largest absolute Gasteiger partial charge is 0.469 e. The third-order valence-electron chi connectivity index (χ3n) is 8.07. The number of aliphatic hydroxyl groups is 1. The van der Waals surface area contributed by atoms with Crippen LogP contribution in [-0.4, -0.2) is 47.4 Å². The van der Waals surface area contributed by atoms with Crippen LogP contribution in [0.4, 0.5) is 0 Å². The van der Waals surface area contributed by atoms with Gasteiger partial charge in [-0.15, -0.1) is 0 Å². The van der Waals surface area contributed by atoms with Gasteiger partial charge in [-0.25, -0.2) is 0 Å². The first-order chi connectivity index (χ1) is 14.1. The molecule has 2 saturated heterocycles. The Kier molecular flexibility index (Phi) is 3.91. The number of esters is 2. The number of aliphatic hydroxyl groups excluding tert-OH is 1. The van der Waals surface area contributed by atoms with E-state index in [2.05, 4.69) is 0 Å². The summed E-state index contributed by atoms with van der Waals surface area (Å²) in [6, 6.07) is 1.77. The number of carbonyl (C=O) groups excluding carboxylic acids is 3. The molecule has 1 saturated carbocycles. The number of aldehydes is 1. The first-order valence-electron chi connectivity index (χ1n) is 10.3. The van der Waals surface area contributed by atoms with Crippen molar-refractivity contribution >= 4 is 18.2 Å². The molecule has 8 heteroatoms. The van der Waals surface area contributed by atoms with Gasteiger partial charge in [0, 0.05) is 36.7 Å². The molecule has 1 N–H and O–H groups in total. The van der Waals surface area contributed by atoms with Crippen molar-refractivity contribution in [1.29, 1.82) is 0 Å². The Labute approximate surface area is 173 Å². The maximum Gasteiger partial charge on any atom is 0.314 e. The van der Waals surface area contributed by atoms with E-state index in [4.69, 9.17) is 18.6 Å². The van der Waals surface area contributed by atoms with Crippen molar-refractivity contribution in [3.05, 3.63) is 23.7 Å². The summed E-state index contributed by atoms with van der Waals surface area (Å²) < 4.78 is 23.4. The highest BCUT2D eigenvalue weighted by atomic mass is 16.7. The maximum atomic E-state index is 13.0. The molecule has 0 aromatic carbocycles. The van der Waals surface area contributed by atoms with Gasteiger partial charge in [-0.05, 0) is 18.9 Å². The van der Waals surface area contributed by atoms with E-state index in [-0.39, 0.29) is 18.3 Å². The van der Waals surface area contributed by atoms with Crippen molar-refractivity contribution in [3.63, 3.8) is 0 Å². The molecule has 8 unspecified atom stereocenters. The molecule has 5 rings (SSSR count). The third-order valence-corrected chi connectivity index (χ3v) is 8.07. The molecule has 8 atom stereocenters. The monoisotopic (exact) mass is 418 g/mol. The van der Waals surface area contributed by atoms with E-state index < -0.39 is 52.8 Å². The number of fused-ring (bicyclic) bond motifs is 2. The number of furan rings is 1. The fourth-order valence-electron chi connectivity index (χ4n) is 7.06. The van der Waals surface area contributed by atoms with Crippen molar-refractivity contribution in [2.75, 3.05) is 0 Å². The highest BCUT2D eigenvalue weighted by molar-refractivity contribution is 5.83. The standard InChI is InChI=1S/C22H26O8/c1-10(24)28-18-17-16-12(7-13-11(5-6-27-13)15(16)19(26)29-17)21(4,9-23)22(18)20(2,3)8-14(25)30-22/h5-6,9,12,14-18,25H,7-8H2,1-4H3. The second-order valence-electron chi connectivity index (χ2n) is 9.89. The lowest BCUT2D eigenvalue weighted by Gasteiger charge is -2.62. The molecule has 2 aliphatic heterocycles. The normalized spacial score (nSPS) is 45.6. The lowest BCUT2D eigenvalue weighted by atomic mass is 9.44. The number of ether oxygens (including phenoxy) is 3. The van der Waals surface area contributed by atoms with Crippen LogP contribution in [0, 0.1) is 22.7 Å². The molecule has 3 heterocycles. The van der Waals surface area contributed by atoms with Crippen LogP contribution >= 0.6 is 0 Å². The molecular weight excluding hydrogens is 392 g/mol. The van der Waals surface area contributed by atoms with Gasteiger partial charge in [0.1, 0.15) is 23.8 Å². The molecule has 0 amide bonds. The van der Waals surface area contributed by atoms with E-state index in [0.717, 1.165) is 11.8 Å². The second-order valence-corrected chi connectivity index (χ2v) is 9.89. The van der Waals surface area contributed by atoms with Crippen molar-refractivity contribution in [2.45, 2.75) is 70.6 Å². The van der Waals surface area contributed by atoms with Gasteiger partial charge in [-0.1, -0.05) is 13.8 Å². The molecule has 3 fully saturated rings. The van der Waals surface area contributed by atoms with Crippen LogP contribution in [0.3, 0.4) is 0 Å². The first-order valence-corrected chi connectivity index (χ1v) is 10.3. The van der Waals surface area contributed by atoms with Gasteiger partial charge in [-0.3, -0.25) is 9.59 Å². The predicted octanol–water partition coefficient (Wildman–Crippen LogP) is 1.73. The van der Waals surface area contributed by atoms with Crippen molar-refractivity contribution in [2.24, 2.45) is 22.7 Å². The Morgan fingerprint density at radius 2 is 2.07 bits per heavy atom. The molecule has 1 aromatic heterocycles. The van der Waals surface area contributed by atoms with Crippen LogP contribution < -0.4 is 0 Å². The Bertz CT molecular complexity index is 933. The van der Waals surface area contributed by atoms with Crippen molar-refractivity contribution < 1.29 is 38.1 Å². The molecule has 162 valence electrons. The molecule has 30 heavy (non-hydrogen) atoms. The van der Waals surface area contributed by atoms with E-state index in [1.54, 1.807) is 19.3 Å². The molecule has 1 aromatic rings. The smallest absolute Gasteiger partial charge is 0.314 e. The SMILES string of the molecule is CC(=O)OC1C2OC(=O)C3c4ccoc4CC(C32)C(C)(C=O)C12OC(O)CC2(C)C. The van der Waals surface area contributed by atoms with Crippen LogP contribution in [0.25, 0.3) is 0 Å². The van der Waals surface area contributed by atoms with Gasteiger partial charge in [-0.2, -0.15) is 0 Å². The lowest BCUT2D eigenvalue weighted by Crippen LogP contribution is -2.74. The fourth-order valence-corrected chi connectivity index (χ4v) is 7.06. The van der Waals surface area contributed by atoms with Crippen molar-refractivity contribution in [3.8, 4) is 0 Å². The van der Waals surface area contributed by atoms with Crippen LogP contribution in [0.2, 0.25) is 0 Å². The quantitative estimate of drug-likeness (QED) is 0.571. The Morgan fingerprint density at radius 3 is 2.67 bits per heavy atom. The van der Waals surface area contributed by atoms with Gasteiger partial charge < -0.3 is 28.5 Å². The van der Waals surface area contributed by atoms with E-state index in [1.165, 1.54) is 6.92 Å². The zero-order valence-corrected chi connectivity index (χ0v) is 17.4. The molecule has 1 spiro atoms. The third kappa shape index (κ3) is 2.11. The highest BCUT2D eigenvalue weighted by Gasteiger charge is 2.79. The summed E-state index contributed by atoms with van der Waals surface area (Å²) in [5, 5.41) is 10.5. The zero-order valence-electron chi connectivity index (χ0n) is 17.4. The molecule has 0 radical (unpaired) electrons. The number of hydrogen-bond acceptors (Lipinski definition) is 8. The maximum absolute atomic E-state index is 13.0. The molecule has 4 aliphatic rings. The van der Waals surface area contributed by atoms with Crippen molar-refractivity contribution in [1.82, 2.24) is 0 Å². The average molecular weight is 418 g/mol. The van der Waals surface area contributed by atoms with Crippen LogP contribution in [0.5, 0.6) is 0 Å². The molecule has 8 nitrogen and oxygen atoms in total. The summed E-state index contributed by atoms with van der Waals surface area (Å²) in [5.41, 5.74) is -2.54. The Balaban J connectivity index is 1.78. The summed E-state index contributed by atoms with van der Waals surface area (Å²) in [7, 11) is 0. The minimum atomic E-state index is -1.38. The number of hydrogen-bond donors (Lipinski definition) is 1. The first kappa shape index (κ1) is 19.8. The summed E-state index contributed by atoms with van der Waals surface area (Å²) in [6.45, 7) is 6.83. The topological polar surface area (TPSA) is 112 Å². The van der Waals surface area contributed by atoms with E-state index in [9.17, 15) is 19.5 Å². The second kappa shape index (κ2) is 5.95. The van der Waals surface area contributed by atoms with E-state index >= 15 is 0 Å². The zero-order chi connectivity index (χ0) is 21.6. The Morgan fingerprint density at radius 1 is 1.33 bits per heavy atom. The van der Waals surface area contributed by atoms with E-state index in [1.807, 2.05) is 13.8 Å². The van der Waals surface area contributed by atoms with Crippen LogP contribution in [-0.2, 0) is 35.0 Å². The average Bonchev–Trinajstić information content (AvgIpc) is 3.31. The highest BCUT2D eigenvalue weighted by Crippen LogP contribution is 2.68. The van der Waals surface area contributed by atoms with Gasteiger partial charge in [0.15, 0.2) is 12.4 Å². The fraction of sp³-hybridized carbons (Fsp3) is 0.682. The van der Waals surface area contributed by atoms with Crippen LogP contribution in [0.1, 0.15) is 51.4 Å². The van der Waals surface area contributed by atoms with Gasteiger partial charge in [0.2, 0.25) is 0 Å². The van der Waals surface area contributed by atoms with Crippen LogP contribution in [0.15, 0.2) is 16.7 Å². The summed E-state index contributed by atoms with van der Waals surface area (Å²) in [5.74, 6) is -1.64. The van der Waals surface area contributed by atoms with E-state index in [0.29, 0.717) is 12.2 Å². The van der Waals surface area contributed by atoms with Gasteiger partial charge in [0.05, 0.1) is 17.6 Å². The summed E-state index contributed by atoms with van der Waals surface area (Å²) >= 11 is 0. The minimum absolute atomic E-state index is 0.252. The molecular formula is C22H26O8. The number of rotatable bonds is 2. The van der Waals surface area contributed by atoms with Gasteiger partial charge in [0.25, 0.3) is 0 Å². The predicted molar refractivity (Wildman–Crippen MR) is 100.0 cm³/mol. The number of carbonyl (C=O) groups is 3.